The third-order valence-electron chi connectivity index (χ3n) is 5.65. The minimum atomic E-state index is -4.52. The van der Waals surface area contributed by atoms with Crippen LogP contribution in [-0.4, -0.2) is 28.7 Å². The zero-order valence-electron chi connectivity index (χ0n) is 17.0. The van der Waals surface area contributed by atoms with Gasteiger partial charge in [-0.05, 0) is 35.4 Å². The smallest absolute Gasteiger partial charge is 0.410 e. The Labute approximate surface area is 195 Å². The Morgan fingerprint density at radius 3 is 2.70 bits per heavy atom. The fourth-order valence-electron chi connectivity index (χ4n) is 3.97. The van der Waals surface area contributed by atoms with E-state index in [1.807, 2.05) is 0 Å². The largest absolute Gasteiger partial charge is 0.454 e. The molecule has 33 heavy (non-hydrogen) atoms. The van der Waals surface area contributed by atoms with Crippen molar-refractivity contribution in [2.75, 3.05) is 12.1 Å². The minimum Gasteiger partial charge on any atom is -0.454 e. The number of rotatable bonds is 4. The van der Waals surface area contributed by atoms with Crippen molar-refractivity contribution < 1.29 is 27.4 Å². The molecule has 2 atom stereocenters. The highest BCUT2D eigenvalue weighted by atomic mass is 79.9. The number of alkyl halides is 3. The molecule has 2 aliphatic rings. The summed E-state index contributed by atoms with van der Waals surface area (Å²) in [4.78, 5) is 12.9. The van der Waals surface area contributed by atoms with Crippen LogP contribution in [0.3, 0.4) is 0 Å². The molecule has 0 fully saturated rings. The second-order valence-corrected chi connectivity index (χ2v) is 8.68. The van der Waals surface area contributed by atoms with E-state index in [4.69, 9.17) is 9.47 Å². The number of ether oxygens (including phenoxy) is 2. The molecule has 1 amide bonds. The lowest BCUT2D eigenvalue weighted by Crippen LogP contribution is -2.36. The average Bonchev–Trinajstić information content (AvgIpc) is 3.43. The number of carbonyl (C=O) groups excluding carboxylic acids is 1. The molecular weight excluding hydrogens is 505 g/mol. The second-order valence-electron chi connectivity index (χ2n) is 7.76. The first-order valence-electron chi connectivity index (χ1n) is 10.1. The predicted octanol–water partition coefficient (Wildman–Crippen LogP) is 4.96. The van der Waals surface area contributed by atoms with E-state index < -0.39 is 24.2 Å². The van der Waals surface area contributed by atoms with Crippen LogP contribution < -0.4 is 20.1 Å². The summed E-state index contributed by atoms with van der Waals surface area (Å²) in [5, 5.41) is 9.73. The molecule has 0 radical (unpaired) electrons. The molecule has 3 heterocycles. The number of benzene rings is 2. The van der Waals surface area contributed by atoms with Gasteiger partial charge in [-0.15, -0.1) is 0 Å². The monoisotopic (exact) mass is 522 g/mol. The molecule has 5 rings (SSSR count). The molecule has 3 aromatic rings. The fourth-order valence-corrected chi connectivity index (χ4v) is 4.24. The number of nitrogens with one attached hydrogen (secondary N) is 2. The van der Waals surface area contributed by atoms with Crippen molar-refractivity contribution >= 4 is 27.7 Å². The SMILES string of the molecule is O=C(NCc1ccc2c(c1)OCO2)c1cnn2c1NC(c1ccc(Br)cc1)CC2C(F)(F)F. The maximum Gasteiger partial charge on any atom is 0.410 e. The van der Waals surface area contributed by atoms with Crippen molar-refractivity contribution in [3.05, 3.63) is 69.8 Å². The van der Waals surface area contributed by atoms with Crippen LogP contribution in [-0.2, 0) is 6.54 Å². The van der Waals surface area contributed by atoms with E-state index >= 15 is 0 Å². The summed E-state index contributed by atoms with van der Waals surface area (Å²) in [5.74, 6) is 0.715. The molecule has 2 aliphatic heterocycles. The average molecular weight is 523 g/mol. The van der Waals surface area contributed by atoms with Gasteiger partial charge in [0.2, 0.25) is 6.79 Å². The molecular formula is C22H18BrF3N4O3. The maximum atomic E-state index is 13.8. The number of halogens is 4. The maximum absolute atomic E-state index is 13.8. The Balaban J connectivity index is 1.39. The van der Waals surface area contributed by atoms with Crippen molar-refractivity contribution in [3.63, 3.8) is 0 Å². The van der Waals surface area contributed by atoms with E-state index in [1.54, 1.807) is 42.5 Å². The number of carbonyl (C=O) groups is 1. The Hall–Kier alpha value is -3.21. The highest BCUT2D eigenvalue weighted by Gasteiger charge is 2.47. The van der Waals surface area contributed by atoms with Gasteiger partial charge >= 0.3 is 6.18 Å². The van der Waals surface area contributed by atoms with Gasteiger partial charge in [0, 0.05) is 17.4 Å². The van der Waals surface area contributed by atoms with Crippen LogP contribution in [0.25, 0.3) is 0 Å². The van der Waals surface area contributed by atoms with Crippen molar-refractivity contribution in [3.8, 4) is 11.5 Å². The van der Waals surface area contributed by atoms with Crippen molar-refractivity contribution in [2.24, 2.45) is 0 Å². The Bertz CT molecular complexity index is 1200. The van der Waals surface area contributed by atoms with Crippen LogP contribution in [0.4, 0.5) is 19.0 Å². The van der Waals surface area contributed by atoms with Gasteiger partial charge in [-0.1, -0.05) is 34.1 Å². The molecule has 0 saturated carbocycles. The zero-order valence-corrected chi connectivity index (χ0v) is 18.6. The molecule has 11 heteroatoms. The van der Waals surface area contributed by atoms with Gasteiger partial charge in [-0.25, -0.2) is 4.68 Å². The van der Waals surface area contributed by atoms with Gasteiger partial charge in [-0.3, -0.25) is 4.79 Å². The van der Waals surface area contributed by atoms with Crippen molar-refractivity contribution in [2.45, 2.75) is 31.2 Å². The zero-order chi connectivity index (χ0) is 23.2. The van der Waals surface area contributed by atoms with Gasteiger partial charge in [0.1, 0.15) is 11.4 Å². The summed E-state index contributed by atoms with van der Waals surface area (Å²) in [6, 6.07) is 9.83. The molecule has 172 valence electrons. The highest BCUT2D eigenvalue weighted by molar-refractivity contribution is 9.10. The van der Waals surface area contributed by atoms with E-state index in [-0.39, 0.29) is 31.1 Å². The molecule has 0 aliphatic carbocycles. The Kier molecular flexibility index (Phi) is 5.43. The summed E-state index contributed by atoms with van der Waals surface area (Å²) in [6.45, 7) is 0.304. The van der Waals surface area contributed by atoms with Crippen LogP contribution in [0.1, 0.15) is 40.0 Å². The molecule has 7 nitrogen and oxygen atoms in total. The van der Waals surface area contributed by atoms with Gasteiger partial charge < -0.3 is 20.1 Å². The lowest BCUT2D eigenvalue weighted by Gasteiger charge is -2.34. The van der Waals surface area contributed by atoms with Gasteiger partial charge in [0.15, 0.2) is 17.5 Å². The number of nitrogens with zero attached hydrogens (tertiary/aromatic N) is 2. The standard InChI is InChI=1S/C22H18BrF3N4O3/c23-14-4-2-13(3-5-14)16-8-19(22(24,25)26)30-20(29-16)15(10-28-30)21(31)27-9-12-1-6-17-18(7-12)33-11-32-17/h1-7,10,16,19,29H,8-9,11H2,(H,27,31). The van der Waals surface area contributed by atoms with E-state index in [0.717, 1.165) is 14.7 Å². The van der Waals surface area contributed by atoms with Crippen molar-refractivity contribution in [1.29, 1.82) is 0 Å². The van der Waals surface area contributed by atoms with Crippen LogP contribution in [0.2, 0.25) is 0 Å². The molecule has 0 spiro atoms. The van der Waals surface area contributed by atoms with E-state index in [0.29, 0.717) is 17.1 Å². The highest BCUT2D eigenvalue weighted by Crippen LogP contribution is 2.44. The van der Waals surface area contributed by atoms with Crippen LogP contribution in [0, 0.1) is 0 Å². The molecule has 2 unspecified atom stereocenters. The Morgan fingerprint density at radius 1 is 1.18 bits per heavy atom. The summed E-state index contributed by atoms with van der Waals surface area (Å²) in [7, 11) is 0. The lowest BCUT2D eigenvalue weighted by molar-refractivity contribution is -0.173. The summed E-state index contributed by atoms with van der Waals surface area (Å²) in [5.41, 5.74) is 1.50. The third-order valence-corrected chi connectivity index (χ3v) is 6.17. The quantitative estimate of drug-likeness (QED) is 0.506. The van der Waals surface area contributed by atoms with Crippen LogP contribution in [0.15, 0.2) is 53.1 Å². The summed E-state index contributed by atoms with van der Waals surface area (Å²) < 4.78 is 53.8. The molecule has 0 bridgehead atoms. The van der Waals surface area contributed by atoms with Crippen LogP contribution in [0.5, 0.6) is 11.5 Å². The third kappa shape index (κ3) is 4.24. The number of hydrogen-bond acceptors (Lipinski definition) is 5. The number of aromatic nitrogens is 2. The second kappa shape index (κ2) is 8.29. The number of amides is 1. The number of fused-ring (bicyclic) bond motifs is 2. The first kappa shape index (κ1) is 21.6. The van der Waals surface area contributed by atoms with Crippen LogP contribution >= 0.6 is 15.9 Å². The number of hydrogen-bond donors (Lipinski definition) is 2. The summed E-state index contributed by atoms with van der Waals surface area (Å²) in [6.07, 6.45) is -3.59. The normalized spacial score (nSPS) is 19.0. The first-order chi connectivity index (χ1) is 15.8. The molecule has 2 N–H and O–H groups in total. The molecule has 2 aromatic carbocycles. The first-order valence-corrected chi connectivity index (χ1v) is 10.9. The van der Waals surface area contributed by atoms with Gasteiger partial charge in [-0.2, -0.15) is 18.3 Å². The van der Waals surface area contributed by atoms with Gasteiger partial charge in [0.25, 0.3) is 5.91 Å². The molecule has 0 saturated heterocycles. The lowest BCUT2D eigenvalue weighted by atomic mass is 9.96. The van der Waals surface area contributed by atoms with Crippen molar-refractivity contribution in [1.82, 2.24) is 15.1 Å². The predicted molar refractivity (Wildman–Crippen MR) is 116 cm³/mol. The topological polar surface area (TPSA) is 77.4 Å². The number of anilines is 1. The van der Waals surface area contributed by atoms with E-state index in [2.05, 4.69) is 31.7 Å². The Morgan fingerprint density at radius 2 is 1.94 bits per heavy atom. The van der Waals surface area contributed by atoms with Gasteiger partial charge in [0.05, 0.1) is 12.2 Å². The fraction of sp³-hybridized carbons (Fsp3) is 0.273. The summed E-state index contributed by atoms with van der Waals surface area (Å²) >= 11 is 3.33. The molecule has 1 aromatic heterocycles. The van der Waals surface area contributed by atoms with E-state index in [9.17, 15) is 18.0 Å². The minimum absolute atomic E-state index is 0.0414. The van der Waals surface area contributed by atoms with E-state index in [1.165, 1.54) is 6.20 Å².